The topological polar surface area (TPSA) is 84.9 Å². The molecule has 0 radical (unpaired) electrons. The van der Waals surface area contributed by atoms with Crippen molar-refractivity contribution in [3.63, 3.8) is 0 Å². The number of ether oxygens (including phenoxy) is 1. The molecule has 7 heteroatoms. The number of halogens is 1. The molecule has 2 N–H and O–H groups in total. The number of aliphatic carboxylic acids is 1. The summed E-state index contributed by atoms with van der Waals surface area (Å²) >= 11 is 0. The molecule has 0 saturated carbocycles. The highest BCUT2D eigenvalue weighted by molar-refractivity contribution is 5.80. The SMILES string of the molecule is CCOC(=O)CC1NOc2cc(F)ccc2C1C(=O)O. The number of carbonyl (C=O) groups is 2. The molecule has 1 aromatic carbocycles. The fraction of sp³-hybridized carbons (Fsp3) is 0.385. The van der Waals surface area contributed by atoms with E-state index in [9.17, 15) is 19.1 Å². The first-order valence-electron chi connectivity index (χ1n) is 6.13. The summed E-state index contributed by atoms with van der Waals surface area (Å²) in [6, 6.07) is 2.83. The van der Waals surface area contributed by atoms with Crippen LogP contribution in [0.3, 0.4) is 0 Å². The zero-order valence-corrected chi connectivity index (χ0v) is 10.8. The molecule has 0 fully saturated rings. The number of fused-ring (bicyclic) bond motifs is 1. The highest BCUT2D eigenvalue weighted by Crippen LogP contribution is 2.34. The minimum atomic E-state index is -1.12. The van der Waals surface area contributed by atoms with Gasteiger partial charge in [0.2, 0.25) is 0 Å². The minimum Gasteiger partial charge on any atom is -0.481 e. The van der Waals surface area contributed by atoms with Gasteiger partial charge in [-0.15, -0.1) is 0 Å². The van der Waals surface area contributed by atoms with Crippen molar-refractivity contribution in [1.29, 1.82) is 0 Å². The van der Waals surface area contributed by atoms with Gasteiger partial charge in [-0.2, -0.15) is 5.48 Å². The van der Waals surface area contributed by atoms with Crippen molar-refractivity contribution >= 4 is 11.9 Å². The first kappa shape index (κ1) is 14.3. The maximum atomic E-state index is 13.1. The van der Waals surface area contributed by atoms with Gasteiger partial charge in [-0.05, 0) is 13.0 Å². The lowest BCUT2D eigenvalue weighted by Gasteiger charge is -2.30. The van der Waals surface area contributed by atoms with Crippen LogP contribution < -0.4 is 10.3 Å². The molecule has 0 aromatic heterocycles. The Balaban J connectivity index is 2.26. The molecular weight excluding hydrogens is 269 g/mol. The molecule has 2 unspecified atom stereocenters. The van der Waals surface area contributed by atoms with E-state index < -0.39 is 29.7 Å². The first-order chi connectivity index (χ1) is 9.52. The second-order valence-electron chi connectivity index (χ2n) is 4.33. The molecule has 6 nitrogen and oxygen atoms in total. The van der Waals surface area contributed by atoms with Gasteiger partial charge >= 0.3 is 11.9 Å². The molecule has 0 amide bonds. The Kier molecular flexibility index (Phi) is 4.19. The molecule has 1 aliphatic rings. The van der Waals surface area contributed by atoms with Gasteiger partial charge in [0.1, 0.15) is 11.7 Å². The van der Waals surface area contributed by atoms with Gasteiger partial charge in [-0.25, -0.2) is 4.39 Å². The Hall–Kier alpha value is -2.15. The number of hydrogen-bond donors (Lipinski definition) is 2. The fourth-order valence-electron chi connectivity index (χ4n) is 2.14. The van der Waals surface area contributed by atoms with Crippen molar-refractivity contribution in [2.75, 3.05) is 6.61 Å². The lowest BCUT2D eigenvalue weighted by molar-refractivity contribution is -0.146. The van der Waals surface area contributed by atoms with Crippen LogP contribution in [-0.2, 0) is 14.3 Å². The third kappa shape index (κ3) is 2.88. The zero-order chi connectivity index (χ0) is 14.7. The van der Waals surface area contributed by atoms with Crippen molar-refractivity contribution in [2.24, 2.45) is 0 Å². The molecule has 1 heterocycles. The largest absolute Gasteiger partial charge is 0.481 e. The Morgan fingerprint density at radius 2 is 2.25 bits per heavy atom. The summed E-state index contributed by atoms with van der Waals surface area (Å²) in [5, 5.41) is 9.33. The van der Waals surface area contributed by atoms with Crippen LogP contribution in [0, 0.1) is 5.82 Å². The number of carboxylic acid groups (broad SMARTS) is 1. The molecular formula is C13H14FNO5. The quantitative estimate of drug-likeness (QED) is 0.808. The zero-order valence-electron chi connectivity index (χ0n) is 10.8. The summed E-state index contributed by atoms with van der Waals surface area (Å²) in [6.45, 7) is 1.88. The lowest BCUT2D eigenvalue weighted by atomic mass is 9.88. The minimum absolute atomic E-state index is 0.109. The number of benzene rings is 1. The van der Waals surface area contributed by atoms with Crippen molar-refractivity contribution < 1.29 is 28.7 Å². The number of rotatable bonds is 4. The maximum absolute atomic E-state index is 13.1. The van der Waals surface area contributed by atoms with E-state index in [4.69, 9.17) is 9.57 Å². The standard InChI is InChI=1S/C13H14FNO5/c1-2-19-11(16)6-9-12(13(17)18)8-4-3-7(14)5-10(8)20-15-9/h3-5,9,12,15H,2,6H2,1H3,(H,17,18). The van der Waals surface area contributed by atoms with Gasteiger partial charge in [0.05, 0.1) is 19.1 Å². The number of hydroxylamine groups is 1. The van der Waals surface area contributed by atoms with Crippen LogP contribution in [0.5, 0.6) is 5.75 Å². The molecule has 20 heavy (non-hydrogen) atoms. The van der Waals surface area contributed by atoms with Crippen LogP contribution in [0.1, 0.15) is 24.8 Å². The number of hydrogen-bond acceptors (Lipinski definition) is 5. The molecule has 1 aromatic rings. The summed E-state index contributed by atoms with van der Waals surface area (Å²) in [6.07, 6.45) is -0.151. The van der Waals surface area contributed by atoms with Gasteiger partial charge in [-0.3, -0.25) is 9.59 Å². The first-order valence-corrected chi connectivity index (χ1v) is 6.13. The van der Waals surface area contributed by atoms with E-state index in [0.717, 1.165) is 12.1 Å². The average Bonchev–Trinajstić information content (AvgIpc) is 2.38. The van der Waals surface area contributed by atoms with Crippen molar-refractivity contribution in [3.8, 4) is 5.75 Å². The van der Waals surface area contributed by atoms with Gasteiger partial charge in [-0.1, -0.05) is 6.07 Å². The second kappa shape index (κ2) is 5.87. The van der Waals surface area contributed by atoms with E-state index in [0.29, 0.717) is 5.56 Å². The molecule has 2 atom stereocenters. The van der Waals surface area contributed by atoms with E-state index >= 15 is 0 Å². The molecule has 0 saturated heterocycles. The molecule has 0 aliphatic carbocycles. The van der Waals surface area contributed by atoms with Crippen molar-refractivity contribution in [2.45, 2.75) is 25.3 Å². The molecule has 1 aliphatic heterocycles. The maximum Gasteiger partial charge on any atom is 0.312 e. The molecule has 2 rings (SSSR count). The van der Waals surface area contributed by atoms with Gasteiger partial charge < -0.3 is 14.7 Å². The highest BCUT2D eigenvalue weighted by Gasteiger charge is 2.38. The summed E-state index contributed by atoms with van der Waals surface area (Å²) in [5.74, 6) is -3.08. The molecule has 0 bridgehead atoms. The van der Waals surface area contributed by atoms with Crippen LogP contribution in [0.25, 0.3) is 0 Å². The second-order valence-corrected chi connectivity index (χ2v) is 4.33. The van der Waals surface area contributed by atoms with Gasteiger partial charge in [0, 0.05) is 11.6 Å². The number of esters is 1. The van der Waals surface area contributed by atoms with Crippen LogP contribution in [-0.4, -0.2) is 29.7 Å². The third-order valence-corrected chi connectivity index (χ3v) is 2.99. The normalized spacial score (nSPS) is 20.7. The van der Waals surface area contributed by atoms with E-state index in [1.807, 2.05) is 0 Å². The Morgan fingerprint density at radius 1 is 1.50 bits per heavy atom. The average molecular weight is 283 g/mol. The Labute approximate surface area is 114 Å². The summed E-state index contributed by atoms with van der Waals surface area (Å²) in [4.78, 5) is 28.0. The predicted molar refractivity (Wildman–Crippen MR) is 65.6 cm³/mol. The lowest BCUT2D eigenvalue weighted by Crippen LogP contribution is -2.45. The fourth-order valence-corrected chi connectivity index (χ4v) is 2.14. The van der Waals surface area contributed by atoms with Crippen molar-refractivity contribution in [3.05, 3.63) is 29.6 Å². The van der Waals surface area contributed by atoms with Crippen molar-refractivity contribution in [1.82, 2.24) is 5.48 Å². The Bertz CT molecular complexity index is 533. The number of carbonyl (C=O) groups excluding carboxylic acids is 1. The molecule has 0 spiro atoms. The van der Waals surface area contributed by atoms with Gasteiger partial charge in [0.25, 0.3) is 0 Å². The van der Waals surface area contributed by atoms with E-state index in [1.54, 1.807) is 6.92 Å². The summed E-state index contributed by atoms with van der Waals surface area (Å²) in [5.41, 5.74) is 2.80. The molecule has 108 valence electrons. The Morgan fingerprint density at radius 3 is 2.90 bits per heavy atom. The summed E-state index contributed by atoms with van der Waals surface area (Å²) < 4.78 is 17.9. The van der Waals surface area contributed by atoms with Crippen LogP contribution in [0.2, 0.25) is 0 Å². The van der Waals surface area contributed by atoms with E-state index in [2.05, 4.69) is 5.48 Å². The monoisotopic (exact) mass is 283 g/mol. The predicted octanol–water partition coefficient (Wildman–Crippen LogP) is 1.21. The van der Waals surface area contributed by atoms with E-state index in [1.165, 1.54) is 6.07 Å². The van der Waals surface area contributed by atoms with Gasteiger partial charge in [0.15, 0.2) is 5.75 Å². The van der Waals surface area contributed by atoms with E-state index in [-0.39, 0.29) is 18.8 Å². The van der Waals surface area contributed by atoms with Crippen LogP contribution >= 0.6 is 0 Å². The smallest absolute Gasteiger partial charge is 0.312 e. The van der Waals surface area contributed by atoms with Crippen LogP contribution in [0.15, 0.2) is 18.2 Å². The number of carboxylic acids is 1. The highest BCUT2D eigenvalue weighted by atomic mass is 19.1. The third-order valence-electron chi connectivity index (χ3n) is 2.99. The number of nitrogens with one attached hydrogen (secondary N) is 1. The van der Waals surface area contributed by atoms with Crippen LogP contribution in [0.4, 0.5) is 4.39 Å². The summed E-state index contributed by atoms with van der Waals surface area (Å²) in [7, 11) is 0.